The maximum atomic E-state index is 13.1. The molecule has 1 fully saturated rings. The second-order valence-corrected chi connectivity index (χ2v) is 8.26. The van der Waals surface area contributed by atoms with Gasteiger partial charge in [0.15, 0.2) is 0 Å². The largest absolute Gasteiger partial charge is 0.380 e. The van der Waals surface area contributed by atoms with Crippen molar-refractivity contribution in [2.45, 2.75) is 33.5 Å². The Kier molecular flexibility index (Phi) is 6.96. The van der Waals surface area contributed by atoms with Gasteiger partial charge in [-0.2, -0.15) is 0 Å². The number of aryl methyl sites for hydroxylation is 3. The van der Waals surface area contributed by atoms with Gasteiger partial charge in [0.1, 0.15) is 6.10 Å². The fraction of sp³-hybridized carbons (Fsp3) is 0.360. The zero-order chi connectivity index (χ0) is 23.4. The minimum atomic E-state index is -0.309. The first-order valence-electron chi connectivity index (χ1n) is 11.0. The van der Waals surface area contributed by atoms with E-state index in [0.717, 1.165) is 34.0 Å². The molecule has 33 heavy (non-hydrogen) atoms. The third-order valence-electron chi connectivity index (χ3n) is 5.41. The van der Waals surface area contributed by atoms with Crippen LogP contribution in [0.2, 0.25) is 0 Å². The lowest BCUT2D eigenvalue weighted by molar-refractivity contribution is -0.0247. The lowest BCUT2D eigenvalue weighted by Gasteiger charge is -2.33. The summed E-state index contributed by atoms with van der Waals surface area (Å²) in [6.07, 6.45) is -0.309. The number of anilines is 2. The highest BCUT2D eigenvalue weighted by Gasteiger charge is 2.27. The van der Waals surface area contributed by atoms with Gasteiger partial charge in [0.2, 0.25) is 5.95 Å². The normalized spacial score (nSPS) is 16.0. The van der Waals surface area contributed by atoms with Crippen molar-refractivity contribution in [2.75, 3.05) is 32.1 Å². The molecule has 1 aliphatic rings. The van der Waals surface area contributed by atoms with Gasteiger partial charge in [0.25, 0.3) is 5.91 Å². The average molecular weight is 448 g/mol. The first kappa shape index (κ1) is 22.8. The number of rotatable bonds is 6. The standard InChI is InChI=1S/C25H29N5O3/c1-16-11-17(2)28-25(27-16)29-21-12-18(3)26-22(13-21)23-14-30(9-10-33-23)24(31)20-7-5-19(6-8-20)15-32-4/h5-8,11-13,23H,9-10,14-15H2,1-4H3,(H,26,27,28,29)/t23-/m0/s1. The number of hydrogen-bond donors (Lipinski definition) is 1. The van der Waals surface area contributed by atoms with Gasteiger partial charge in [0, 0.05) is 42.0 Å². The second-order valence-electron chi connectivity index (χ2n) is 8.26. The third-order valence-corrected chi connectivity index (χ3v) is 5.41. The van der Waals surface area contributed by atoms with Crippen LogP contribution in [-0.2, 0) is 16.1 Å². The zero-order valence-corrected chi connectivity index (χ0v) is 19.5. The first-order chi connectivity index (χ1) is 15.9. The number of benzene rings is 1. The predicted octanol–water partition coefficient (Wildman–Crippen LogP) is 3.90. The van der Waals surface area contributed by atoms with Gasteiger partial charge in [-0.1, -0.05) is 12.1 Å². The average Bonchev–Trinajstić information content (AvgIpc) is 2.78. The molecule has 1 N–H and O–H groups in total. The van der Waals surface area contributed by atoms with Gasteiger partial charge in [-0.05, 0) is 56.7 Å². The van der Waals surface area contributed by atoms with E-state index in [1.165, 1.54) is 0 Å². The minimum absolute atomic E-state index is 0.0121. The summed E-state index contributed by atoms with van der Waals surface area (Å²) in [5, 5.41) is 3.27. The molecule has 0 radical (unpaired) electrons. The van der Waals surface area contributed by atoms with Crippen molar-refractivity contribution in [3.8, 4) is 0 Å². The Balaban J connectivity index is 1.50. The van der Waals surface area contributed by atoms with Crippen LogP contribution in [0.25, 0.3) is 0 Å². The summed E-state index contributed by atoms with van der Waals surface area (Å²) in [6, 6.07) is 13.3. The van der Waals surface area contributed by atoms with E-state index in [0.29, 0.717) is 37.8 Å². The van der Waals surface area contributed by atoms with E-state index < -0.39 is 0 Å². The van der Waals surface area contributed by atoms with Crippen molar-refractivity contribution < 1.29 is 14.3 Å². The molecule has 2 aromatic heterocycles. The number of nitrogens with zero attached hydrogens (tertiary/aromatic N) is 4. The predicted molar refractivity (Wildman–Crippen MR) is 126 cm³/mol. The Hall–Kier alpha value is -3.36. The van der Waals surface area contributed by atoms with E-state index in [1.807, 2.05) is 68.1 Å². The molecule has 3 heterocycles. The summed E-state index contributed by atoms with van der Waals surface area (Å²) >= 11 is 0. The smallest absolute Gasteiger partial charge is 0.254 e. The van der Waals surface area contributed by atoms with Crippen LogP contribution in [0, 0.1) is 20.8 Å². The highest BCUT2D eigenvalue weighted by atomic mass is 16.5. The molecular formula is C25H29N5O3. The number of amides is 1. The molecule has 1 atom stereocenters. The maximum Gasteiger partial charge on any atom is 0.254 e. The highest BCUT2D eigenvalue weighted by molar-refractivity contribution is 5.94. The Morgan fingerprint density at radius 1 is 1.06 bits per heavy atom. The maximum absolute atomic E-state index is 13.1. The Morgan fingerprint density at radius 3 is 2.45 bits per heavy atom. The topological polar surface area (TPSA) is 89.5 Å². The fourth-order valence-electron chi connectivity index (χ4n) is 3.95. The van der Waals surface area contributed by atoms with E-state index >= 15 is 0 Å². The molecule has 1 aromatic carbocycles. The molecule has 1 saturated heterocycles. The van der Waals surface area contributed by atoms with Crippen LogP contribution in [0.15, 0.2) is 42.5 Å². The summed E-state index contributed by atoms with van der Waals surface area (Å²) in [5.74, 6) is 0.532. The molecule has 0 bridgehead atoms. The summed E-state index contributed by atoms with van der Waals surface area (Å²) < 4.78 is 11.1. The highest BCUT2D eigenvalue weighted by Crippen LogP contribution is 2.26. The summed E-state index contributed by atoms with van der Waals surface area (Å²) in [5.41, 5.74) is 5.94. The molecule has 0 unspecified atom stereocenters. The minimum Gasteiger partial charge on any atom is -0.380 e. The van der Waals surface area contributed by atoms with Crippen LogP contribution in [-0.4, -0.2) is 52.6 Å². The van der Waals surface area contributed by atoms with Gasteiger partial charge in [-0.3, -0.25) is 9.78 Å². The molecule has 3 aromatic rings. The number of carbonyl (C=O) groups excluding carboxylic acids is 1. The van der Waals surface area contributed by atoms with Gasteiger partial charge >= 0.3 is 0 Å². The van der Waals surface area contributed by atoms with Crippen LogP contribution < -0.4 is 5.32 Å². The summed E-state index contributed by atoms with van der Waals surface area (Å²) in [4.78, 5) is 28.5. The molecule has 1 aliphatic heterocycles. The Bertz CT molecular complexity index is 1110. The molecule has 4 rings (SSSR count). The van der Waals surface area contributed by atoms with Crippen LogP contribution in [0.5, 0.6) is 0 Å². The van der Waals surface area contributed by atoms with Crippen LogP contribution in [0.3, 0.4) is 0 Å². The van der Waals surface area contributed by atoms with Gasteiger partial charge in [-0.15, -0.1) is 0 Å². The van der Waals surface area contributed by atoms with Crippen molar-refractivity contribution in [1.29, 1.82) is 0 Å². The van der Waals surface area contributed by atoms with Crippen molar-refractivity contribution in [2.24, 2.45) is 0 Å². The van der Waals surface area contributed by atoms with Gasteiger partial charge in [0.05, 0.1) is 25.5 Å². The second kappa shape index (κ2) is 10.1. The summed E-state index contributed by atoms with van der Waals surface area (Å²) in [7, 11) is 1.65. The fourth-order valence-corrected chi connectivity index (χ4v) is 3.95. The SMILES string of the molecule is COCc1ccc(C(=O)N2CCO[C@H](c3cc(Nc4nc(C)cc(C)n4)cc(C)n3)C2)cc1. The van der Waals surface area contributed by atoms with E-state index in [-0.39, 0.29) is 12.0 Å². The zero-order valence-electron chi connectivity index (χ0n) is 19.5. The van der Waals surface area contributed by atoms with Crippen molar-refractivity contribution >= 4 is 17.5 Å². The first-order valence-corrected chi connectivity index (χ1v) is 11.0. The number of morpholine rings is 1. The molecule has 0 spiro atoms. The molecule has 0 saturated carbocycles. The van der Waals surface area contributed by atoms with E-state index in [4.69, 9.17) is 9.47 Å². The molecular weight excluding hydrogens is 418 g/mol. The van der Waals surface area contributed by atoms with Gasteiger partial charge < -0.3 is 19.7 Å². The molecule has 172 valence electrons. The molecule has 0 aliphatic carbocycles. The molecule has 8 heteroatoms. The van der Waals surface area contributed by atoms with Crippen LogP contribution in [0.1, 0.15) is 44.8 Å². The number of pyridine rings is 1. The number of nitrogens with one attached hydrogen (secondary N) is 1. The number of carbonyl (C=O) groups is 1. The lowest BCUT2D eigenvalue weighted by atomic mass is 10.1. The number of hydrogen-bond acceptors (Lipinski definition) is 7. The number of aromatic nitrogens is 3. The van der Waals surface area contributed by atoms with Crippen molar-refractivity contribution in [1.82, 2.24) is 19.9 Å². The van der Waals surface area contributed by atoms with Gasteiger partial charge in [-0.25, -0.2) is 9.97 Å². The number of methoxy groups -OCH3 is 1. The van der Waals surface area contributed by atoms with E-state index in [1.54, 1.807) is 7.11 Å². The lowest BCUT2D eigenvalue weighted by Crippen LogP contribution is -2.42. The molecule has 8 nitrogen and oxygen atoms in total. The van der Waals surface area contributed by atoms with E-state index in [2.05, 4.69) is 20.3 Å². The van der Waals surface area contributed by atoms with Crippen molar-refractivity contribution in [3.05, 3.63) is 76.4 Å². The summed E-state index contributed by atoms with van der Waals surface area (Å²) in [6.45, 7) is 7.78. The van der Waals surface area contributed by atoms with E-state index in [9.17, 15) is 4.79 Å². The van der Waals surface area contributed by atoms with Crippen LogP contribution >= 0.6 is 0 Å². The Labute approximate surface area is 194 Å². The third kappa shape index (κ3) is 5.71. The quantitative estimate of drug-likeness (QED) is 0.613. The van der Waals surface area contributed by atoms with Crippen molar-refractivity contribution in [3.63, 3.8) is 0 Å². The Morgan fingerprint density at radius 2 is 1.76 bits per heavy atom. The monoisotopic (exact) mass is 447 g/mol. The van der Waals surface area contributed by atoms with Crippen LogP contribution in [0.4, 0.5) is 11.6 Å². The molecule has 1 amide bonds. The number of ether oxygens (including phenoxy) is 2.